The van der Waals surface area contributed by atoms with E-state index in [2.05, 4.69) is 48.1 Å². The molecule has 0 spiro atoms. The van der Waals surface area contributed by atoms with Gasteiger partial charge in [0.2, 0.25) is 0 Å². The van der Waals surface area contributed by atoms with Crippen molar-refractivity contribution >= 4 is 39.3 Å². The SMILES string of the molecule is CCSCC(C)NC(C)c1ccc(Br)cc1Cl. The van der Waals surface area contributed by atoms with Crippen molar-refractivity contribution in [2.75, 3.05) is 11.5 Å². The van der Waals surface area contributed by atoms with Crippen LogP contribution in [0.5, 0.6) is 0 Å². The monoisotopic (exact) mass is 335 g/mol. The summed E-state index contributed by atoms with van der Waals surface area (Å²) in [5.74, 6) is 2.30. The van der Waals surface area contributed by atoms with Crippen molar-refractivity contribution < 1.29 is 0 Å². The molecule has 96 valence electrons. The standard InChI is InChI=1S/C13H19BrClNS/c1-4-17-8-9(2)16-10(3)12-6-5-11(14)7-13(12)15/h5-7,9-10,16H,4,8H2,1-3H3. The van der Waals surface area contributed by atoms with Gasteiger partial charge < -0.3 is 5.32 Å². The second kappa shape index (κ2) is 7.67. The Balaban J connectivity index is 2.60. The maximum Gasteiger partial charge on any atom is 0.0464 e. The molecule has 0 aromatic heterocycles. The molecule has 0 amide bonds. The maximum atomic E-state index is 6.24. The van der Waals surface area contributed by atoms with Gasteiger partial charge in [-0.05, 0) is 37.3 Å². The van der Waals surface area contributed by atoms with Gasteiger partial charge in [-0.1, -0.05) is 40.5 Å². The zero-order chi connectivity index (χ0) is 12.8. The van der Waals surface area contributed by atoms with Crippen LogP contribution in [0.25, 0.3) is 0 Å². The van der Waals surface area contributed by atoms with Crippen LogP contribution >= 0.6 is 39.3 Å². The highest BCUT2D eigenvalue weighted by Gasteiger charge is 2.12. The number of benzene rings is 1. The summed E-state index contributed by atoms with van der Waals surface area (Å²) in [6, 6.07) is 6.83. The van der Waals surface area contributed by atoms with Crippen LogP contribution in [-0.2, 0) is 0 Å². The largest absolute Gasteiger partial charge is 0.307 e. The summed E-state index contributed by atoms with van der Waals surface area (Å²) < 4.78 is 1.02. The quantitative estimate of drug-likeness (QED) is 0.793. The second-order valence-corrected chi connectivity index (χ2v) is 6.76. The van der Waals surface area contributed by atoms with E-state index in [0.717, 1.165) is 20.8 Å². The topological polar surface area (TPSA) is 12.0 Å². The molecule has 1 rings (SSSR count). The van der Waals surface area contributed by atoms with Gasteiger partial charge in [-0.25, -0.2) is 0 Å². The molecule has 0 bridgehead atoms. The van der Waals surface area contributed by atoms with Crippen molar-refractivity contribution in [3.63, 3.8) is 0 Å². The third kappa shape index (κ3) is 5.21. The summed E-state index contributed by atoms with van der Waals surface area (Å²) in [7, 11) is 0. The molecular weight excluding hydrogens is 318 g/mol. The van der Waals surface area contributed by atoms with Crippen LogP contribution in [0.4, 0.5) is 0 Å². The van der Waals surface area contributed by atoms with Crippen LogP contribution < -0.4 is 5.32 Å². The van der Waals surface area contributed by atoms with Gasteiger partial charge in [0.25, 0.3) is 0 Å². The lowest BCUT2D eigenvalue weighted by Crippen LogP contribution is -2.31. The number of halogens is 2. The van der Waals surface area contributed by atoms with Crippen molar-refractivity contribution in [2.24, 2.45) is 0 Å². The van der Waals surface area contributed by atoms with Gasteiger partial charge >= 0.3 is 0 Å². The predicted molar refractivity (Wildman–Crippen MR) is 83.2 cm³/mol. The minimum atomic E-state index is 0.281. The summed E-state index contributed by atoms with van der Waals surface area (Å²) >= 11 is 11.6. The molecule has 0 fully saturated rings. The lowest BCUT2D eigenvalue weighted by Gasteiger charge is -2.21. The summed E-state index contributed by atoms with van der Waals surface area (Å²) in [6.45, 7) is 6.56. The van der Waals surface area contributed by atoms with E-state index in [1.165, 1.54) is 5.75 Å². The molecule has 0 radical (unpaired) electrons. The molecule has 0 aliphatic carbocycles. The molecular formula is C13H19BrClNS. The average molecular weight is 337 g/mol. The number of hydrogen-bond donors (Lipinski definition) is 1. The first-order valence-corrected chi connectivity index (χ1v) is 8.16. The average Bonchev–Trinajstić information content (AvgIpc) is 2.26. The summed E-state index contributed by atoms with van der Waals surface area (Å²) in [6.07, 6.45) is 0. The molecule has 2 unspecified atom stereocenters. The Labute approximate surface area is 122 Å². The third-order valence-electron chi connectivity index (χ3n) is 2.54. The number of rotatable bonds is 6. The van der Waals surface area contributed by atoms with E-state index >= 15 is 0 Å². The second-order valence-electron chi connectivity index (χ2n) is 4.11. The molecule has 0 aliphatic heterocycles. The van der Waals surface area contributed by atoms with Gasteiger partial charge in [0, 0.05) is 27.3 Å². The maximum absolute atomic E-state index is 6.24. The van der Waals surface area contributed by atoms with E-state index in [1.807, 2.05) is 23.9 Å². The Kier molecular flexibility index (Phi) is 6.93. The van der Waals surface area contributed by atoms with Crippen LogP contribution in [-0.4, -0.2) is 17.5 Å². The fourth-order valence-electron chi connectivity index (χ4n) is 1.71. The Morgan fingerprint density at radius 2 is 2.12 bits per heavy atom. The van der Waals surface area contributed by atoms with E-state index < -0.39 is 0 Å². The molecule has 17 heavy (non-hydrogen) atoms. The lowest BCUT2D eigenvalue weighted by molar-refractivity contribution is 0.511. The van der Waals surface area contributed by atoms with E-state index in [9.17, 15) is 0 Å². The van der Waals surface area contributed by atoms with E-state index in [0.29, 0.717) is 6.04 Å². The smallest absolute Gasteiger partial charge is 0.0464 e. The molecule has 4 heteroatoms. The Morgan fingerprint density at radius 1 is 1.41 bits per heavy atom. The molecule has 0 saturated carbocycles. The highest BCUT2D eigenvalue weighted by Crippen LogP contribution is 2.26. The van der Waals surface area contributed by atoms with Crippen LogP contribution in [0.3, 0.4) is 0 Å². The molecule has 1 aromatic rings. The molecule has 1 N–H and O–H groups in total. The molecule has 2 atom stereocenters. The molecule has 0 heterocycles. The van der Waals surface area contributed by atoms with Crippen LogP contribution in [0, 0.1) is 0 Å². The van der Waals surface area contributed by atoms with Gasteiger partial charge in [0.1, 0.15) is 0 Å². The molecule has 1 aromatic carbocycles. The summed E-state index contributed by atoms with van der Waals surface area (Å²) in [4.78, 5) is 0. The fraction of sp³-hybridized carbons (Fsp3) is 0.538. The first kappa shape index (κ1) is 15.4. The fourth-order valence-corrected chi connectivity index (χ4v) is 3.23. The highest BCUT2D eigenvalue weighted by atomic mass is 79.9. The third-order valence-corrected chi connectivity index (χ3v) is 4.50. The Bertz CT molecular complexity index is 359. The van der Waals surface area contributed by atoms with Crippen molar-refractivity contribution in [3.05, 3.63) is 33.3 Å². The van der Waals surface area contributed by atoms with Crippen molar-refractivity contribution in [1.82, 2.24) is 5.32 Å². The van der Waals surface area contributed by atoms with Crippen molar-refractivity contribution in [1.29, 1.82) is 0 Å². The van der Waals surface area contributed by atoms with Crippen LogP contribution in [0.1, 0.15) is 32.4 Å². The van der Waals surface area contributed by atoms with Crippen LogP contribution in [0.2, 0.25) is 5.02 Å². The number of nitrogens with one attached hydrogen (secondary N) is 1. The minimum Gasteiger partial charge on any atom is -0.307 e. The van der Waals surface area contributed by atoms with Gasteiger partial charge in [0.05, 0.1) is 0 Å². The van der Waals surface area contributed by atoms with E-state index in [4.69, 9.17) is 11.6 Å². The van der Waals surface area contributed by atoms with Crippen molar-refractivity contribution in [2.45, 2.75) is 32.9 Å². The molecule has 1 nitrogen and oxygen atoms in total. The van der Waals surface area contributed by atoms with Crippen LogP contribution in [0.15, 0.2) is 22.7 Å². The van der Waals surface area contributed by atoms with Crippen molar-refractivity contribution in [3.8, 4) is 0 Å². The summed E-state index contributed by atoms with van der Waals surface area (Å²) in [5, 5.41) is 4.39. The first-order chi connectivity index (χ1) is 8.04. The lowest BCUT2D eigenvalue weighted by atomic mass is 10.1. The van der Waals surface area contributed by atoms with Gasteiger partial charge in [-0.3, -0.25) is 0 Å². The molecule has 0 saturated heterocycles. The highest BCUT2D eigenvalue weighted by molar-refractivity contribution is 9.10. The van der Waals surface area contributed by atoms with Gasteiger partial charge in [0.15, 0.2) is 0 Å². The number of hydrogen-bond acceptors (Lipinski definition) is 2. The van der Waals surface area contributed by atoms with E-state index in [1.54, 1.807) is 0 Å². The molecule has 0 aliphatic rings. The van der Waals surface area contributed by atoms with Gasteiger partial charge in [-0.15, -0.1) is 0 Å². The number of thioether (sulfide) groups is 1. The van der Waals surface area contributed by atoms with Gasteiger partial charge in [-0.2, -0.15) is 11.8 Å². The minimum absolute atomic E-state index is 0.281. The predicted octanol–water partition coefficient (Wildman–Crippen LogP) is 4.89. The zero-order valence-electron chi connectivity index (χ0n) is 10.5. The van der Waals surface area contributed by atoms with E-state index in [-0.39, 0.29) is 6.04 Å². The Morgan fingerprint density at radius 3 is 2.71 bits per heavy atom. The zero-order valence-corrected chi connectivity index (χ0v) is 13.6. The Hall–Kier alpha value is 0.300. The summed E-state index contributed by atoms with van der Waals surface area (Å²) in [5.41, 5.74) is 1.16. The normalized spacial score (nSPS) is 14.6. The first-order valence-electron chi connectivity index (χ1n) is 5.83.